The van der Waals surface area contributed by atoms with E-state index in [1.165, 1.54) is 14.2 Å². The van der Waals surface area contributed by atoms with Gasteiger partial charge in [-0.2, -0.15) is 0 Å². The minimum atomic E-state index is -0.823. The van der Waals surface area contributed by atoms with E-state index in [9.17, 15) is 9.59 Å². The van der Waals surface area contributed by atoms with Gasteiger partial charge in [0.15, 0.2) is 11.5 Å². The molecule has 0 spiro atoms. The Bertz CT molecular complexity index is 649. The number of benzene rings is 1. The molecule has 1 aliphatic rings. The molecule has 0 unspecified atom stereocenters. The molecule has 0 aliphatic heterocycles. The van der Waals surface area contributed by atoms with Crippen molar-refractivity contribution in [2.75, 3.05) is 19.5 Å². The molecular formula is C17H23NO6. The first-order valence-corrected chi connectivity index (χ1v) is 7.65. The fourth-order valence-corrected chi connectivity index (χ4v) is 2.54. The van der Waals surface area contributed by atoms with E-state index in [-0.39, 0.29) is 5.92 Å². The second kappa shape index (κ2) is 6.59. The average molecular weight is 337 g/mol. The number of methoxy groups -OCH3 is 2. The van der Waals surface area contributed by atoms with Gasteiger partial charge in [0.05, 0.1) is 25.8 Å². The molecular weight excluding hydrogens is 314 g/mol. The lowest BCUT2D eigenvalue weighted by atomic mass is 10.1. The van der Waals surface area contributed by atoms with Crippen molar-refractivity contribution in [2.24, 2.45) is 5.92 Å². The first kappa shape index (κ1) is 17.9. The summed E-state index contributed by atoms with van der Waals surface area (Å²) in [6.07, 6.45) is -0.0537. The summed E-state index contributed by atoms with van der Waals surface area (Å²) in [4.78, 5) is 23.1. The number of rotatable bonds is 5. The van der Waals surface area contributed by atoms with Crippen LogP contribution in [0.1, 0.15) is 38.7 Å². The normalized spacial score (nSPS) is 19.4. The van der Waals surface area contributed by atoms with Gasteiger partial charge >= 0.3 is 12.1 Å². The molecule has 132 valence electrons. The molecule has 1 aliphatic carbocycles. The summed E-state index contributed by atoms with van der Waals surface area (Å²) in [7, 11) is 2.95. The fraction of sp³-hybridized carbons (Fsp3) is 0.529. The maximum Gasteiger partial charge on any atom is 0.412 e. The number of carboxylic acid groups (broad SMARTS) is 1. The third kappa shape index (κ3) is 4.10. The number of anilines is 1. The van der Waals surface area contributed by atoms with Crippen molar-refractivity contribution in [1.82, 2.24) is 0 Å². The number of amides is 1. The monoisotopic (exact) mass is 337 g/mol. The van der Waals surface area contributed by atoms with Crippen LogP contribution >= 0.6 is 0 Å². The highest BCUT2D eigenvalue weighted by Gasteiger charge is 2.44. The third-order valence-electron chi connectivity index (χ3n) is 3.67. The van der Waals surface area contributed by atoms with Gasteiger partial charge in [-0.1, -0.05) is 0 Å². The van der Waals surface area contributed by atoms with Crippen molar-refractivity contribution in [2.45, 2.75) is 38.7 Å². The molecule has 1 aromatic rings. The molecule has 7 nitrogen and oxygen atoms in total. The molecule has 0 bridgehead atoms. The molecule has 24 heavy (non-hydrogen) atoms. The highest BCUT2D eigenvalue weighted by Crippen LogP contribution is 2.50. The van der Waals surface area contributed by atoms with Crippen LogP contribution in [0, 0.1) is 5.92 Å². The highest BCUT2D eigenvalue weighted by molar-refractivity contribution is 5.88. The molecule has 0 heterocycles. The minimum absolute atomic E-state index is 0.0958. The van der Waals surface area contributed by atoms with Crippen LogP contribution in [0.2, 0.25) is 0 Å². The minimum Gasteiger partial charge on any atom is -0.493 e. The molecule has 0 saturated heterocycles. The summed E-state index contributed by atoms with van der Waals surface area (Å²) in [5, 5.41) is 11.8. The highest BCUT2D eigenvalue weighted by atomic mass is 16.6. The zero-order valence-electron chi connectivity index (χ0n) is 14.5. The van der Waals surface area contributed by atoms with Crippen molar-refractivity contribution in [3.8, 4) is 11.5 Å². The molecule has 1 fully saturated rings. The summed E-state index contributed by atoms with van der Waals surface area (Å²) in [6, 6.07) is 3.45. The van der Waals surface area contributed by atoms with E-state index in [2.05, 4.69) is 5.32 Å². The van der Waals surface area contributed by atoms with E-state index in [4.69, 9.17) is 19.3 Å². The SMILES string of the molecule is COc1cc([C@@H]2C[C@H]2C(=O)O)cc(NC(=O)OC(C)(C)C)c1OC. The van der Waals surface area contributed by atoms with Gasteiger partial charge in [0.1, 0.15) is 5.60 Å². The smallest absolute Gasteiger partial charge is 0.412 e. The van der Waals surface area contributed by atoms with E-state index >= 15 is 0 Å². The van der Waals surface area contributed by atoms with Crippen LogP contribution in [0.4, 0.5) is 10.5 Å². The first-order valence-electron chi connectivity index (χ1n) is 7.65. The van der Waals surface area contributed by atoms with Crippen LogP contribution in [0.5, 0.6) is 11.5 Å². The van der Waals surface area contributed by atoms with Crippen molar-refractivity contribution in [3.05, 3.63) is 17.7 Å². The van der Waals surface area contributed by atoms with Crippen molar-refractivity contribution in [1.29, 1.82) is 0 Å². The molecule has 7 heteroatoms. The molecule has 1 aromatic carbocycles. The second-order valence-electron chi connectivity index (χ2n) is 6.72. The molecule has 0 radical (unpaired) electrons. The molecule has 0 aromatic heterocycles. The Hall–Kier alpha value is -2.44. The predicted octanol–water partition coefficient (Wildman–Crippen LogP) is 3.24. The lowest BCUT2D eigenvalue weighted by molar-refractivity contribution is -0.138. The van der Waals surface area contributed by atoms with Crippen LogP contribution in [-0.2, 0) is 9.53 Å². The lowest BCUT2D eigenvalue weighted by Gasteiger charge is -2.21. The Kier molecular flexibility index (Phi) is 4.91. The quantitative estimate of drug-likeness (QED) is 0.856. The molecule has 2 rings (SSSR count). The van der Waals surface area contributed by atoms with Gasteiger partial charge in [-0.05, 0) is 50.8 Å². The van der Waals surface area contributed by atoms with Gasteiger partial charge in [0.25, 0.3) is 0 Å². The van der Waals surface area contributed by atoms with Crippen LogP contribution in [0.15, 0.2) is 12.1 Å². The van der Waals surface area contributed by atoms with E-state index in [0.717, 1.165) is 5.56 Å². The Morgan fingerprint density at radius 2 is 1.88 bits per heavy atom. The Balaban J connectivity index is 2.31. The van der Waals surface area contributed by atoms with Gasteiger partial charge < -0.3 is 19.3 Å². The Morgan fingerprint density at radius 1 is 1.21 bits per heavy atom. The maximum atomic E-state index is 12.0. The summed E-state index contributed by atoms with van der Waals surface area (Å²) >= 11 is 0. The number of ether oxygens (including phenoxy) is 3. The first-order chi connectivity index (χ1) is 11.2. The van der Waals surface area contributed by atoms with Gasteiger partial charge in [-0.15, -0.1) is 0 Å². The van der Waals surface area contributed by atoms with E-state index < -0.39 is 23.6 Å². The largest absolute Gasteiger partial charge is 0.493 e. The number of hydrogen-bond acceptors (Lipinski definition) is 5. The fourth-order valence-electron chi connectivity index (χ4n) is 2.54. The van der Waals surface area contributed by atoms with Crippen LogP contribution in [0.3, 0.4) is 0 Å². The number of aliphatic carboxylic acids is 1. The maximum absolute atomic E-state index is 12.0. The number of carbonyl (C=O) groups is 2. The Morgan fingerprint density at radius 3 is 2.33 bits per heavy atom. The number of nitrogens with one attached hydrogen (secondary N) is 1. The average Bonchev–Trinajstić information content (AvgIpc) is 3.24. The van der Waals surface area contributed by atoms with Crippen molar-refractivity contribution in [3.63, 3.8) is 0 Å². The van der Waals surface area contributed by atoms with Crippen molar-refractivity contribution >= 4 is 17.7 Å². The van der Waals surface area contributed by atoms with Gasteiger partial charge in [0.2, 0.25) is 0 Å². The lowest BCUT2D eigenvalue weighted by Crippen LogP contribution is -2.27. The van der Waals surface area contributed by atoms with Crippen LogP contribution in [-0.4, -0.2) is 37.0 Å². The zero-order valence-corrected chi connectivity index (χ0v) is 14.5. The van der Waals surface area contributed by atoms with Gasteiger partial charge in [0, 0.05) is 0 Å². The Labute approximate surface area is 140 Å². The summed E-state index contributed by atoms with van der Waals surface area (Å²) in [6.45, 7) is 5.30. The van der Waals surface area contributed by atoms with Crippen molar-refractivity contribution < 1.29 is 28.9 Å². The standard InChI is InChI=1S/C17H23NO6/c1-17(2,3)24-16(21)18-12-6-9(10-8-11(10)15(19)20)7-13(22-4)14(12)23-5/h6-7,10-11H,8H2,1-5H3,(H,18,21)(H,19,20)/t10-,11+/m0/s1. The topological polar surface area (TPSA) is 94.1 Å². The summed E-state index contributed by atoms with van der Waals surface area (Å²) in [5.41, 5.74) is 0.535. The van der Waals surface area contributed by atoms with E-state index in [0.29, 0.717) is 23.6 Å². The molecule has 2 atom stereocenters. The zero-order chi connectivity index (χ0) is 18.1. The van der Waals surface area contributed by atoms with E-state index in [1.54, 1.807) is 32.9 Å². The van der Waals surface area contributed by atoms with Crippen LogP contribution < -0.4 is 14.8 Å². The molecule has 1 amide bonds. The molecule has 1 saturated carbocycles. The predicted molar refractivity (Wildman–Crippen MR) is 87.9 cm³/mol. The summed E-state index contributed by atoms with van der Waals surface area (Å²) < 4.78 is 15.9. The van der Waals surface area contributed by atoms with Gasteiger partial charge in [-0.25, -0.2) is 4.79 Å². The van der Waals surface area contributed by atoms with Crippen LogP contribution in [0.25, 0.3) is 0 Å². The number of carbonyl (C=O) groups excluding carboxylic acids is 1. The molecule has 2 N–H and O–H groups in total. The van der Waals surface area contributed by atoms with Gasteiger partial charge in [-0.3, -0.25) is 10.1 Å². The number of carboxylic acids is 1. The van der Waals surface area contributed by atoms with E-state index in [1.807, 2.05) is 0 Å². The third-order valence-corrected chi connectivity index (χ3v) is 3.67. The number of hydrogen-bond donors (Lipinski definition) is 2. The second-order valence-corrected chi connectivity index (χ2v) is 6.72. The summed E-state index contributed by atoms with van der Waals surface area (Å²) in [5.74, 6) is -0.535.